The van der Waals surface area contributed by atoms with Crippen LogP contribution in [0, 0.1) is 0 Å². The van der Waals surface area contributed by atoms with Crippen LogP contribution in [0.3, 0.4) is 0 Å². The molecular weight excluding hydrogens is 278 g/mol. The van der Waals surface area contributed by atoms with Crippen molar-refractivity contribution in [2.45, 2.75) is 19.6 Å². The largest absolute Gasteiger partial charge is 0.496 e. The number of hydrogen-bond acceptors (Lipinski definition) is 3. The summed E-state index contributed by atoms with van der Waals surface area (Å²) in [6, 6.07) is 15.6. The summed E-state index contributed by atoms with van der Waals surface area (Å²) in [5, 5.41) is 2.92. The number of ether oxygens (including phenoxy) is 2. The predicted molar refractivity (Wildman–Crippen MR) is 85.7 cm³/mol. The molecule has 2 aromatic rings. The van der Waals surface area contributed by atoms with Crippen molar-refractivity contribution in [1.29, 1.82) is 0 Å². The maximum absolute atomic E-state index is 12.0. The SMILES string of the molecule is COCc1ccc(CNC(=O)Cc2ccccc2OC)cc1. The number of methoxy groups -OCH3 is 2. The molecule has 0 heterocycles. The Kier molecular flexibility index (Phi) is 5.98. The molecule has 0 aliphatic carbocycles. The monoisotopic (exact) mass is 299 g/mol. The lowest BCUT2D eigenvalue weighted by molar-refractivity contribution is -0.120. The van der Waals surface area contributed by atoms with Gasteiger partial charge in [0.15, 0.2) is 0 Å². The van der Waals surface area contributed by atoms with Gasteiger partial charge >= 0.3 is 0 Å². The minimum atomic E-state index is -0.0227. The van der Waals surface area contributed by atoms with E-state index in [1.165, 1.54) is 0 Å². The Balaban J connectivity index is 1.87. The molecule has 0 aliphatic heterocycles. The first-order valence-corrected chi connectivity index (χ1v) is 7.18. The van der Waals surface area contributed by atoms with Crippen LogP contribution in [0.25, 0.3) is 0 Å². The summed E-state index contributed by atoms with van der Waals surface area (Å²) in [6.45, 7) is 1.11. The lowest BCUT2D eigenvalue weighted by Crippen LogP contribution is -2.24. The van der Waals surface area contributed by atoms with Gasteiger partial charge in [0, 0.05) is 19.2 Å². The van der Waals surface area contributed by atoms with Crippen molar-refractivity contribution < 1.29 is 14.3 Å². The van der Waals surface area contributed by atoms with Gasteiger partial charge in [-0.05, 0) is 17.2 Å². The summed E-state index contributed by atoms with van der Waals surface area (Å²) in [5.74, 6) is 0.715. The topological polar surface area (TPSA) is 47.6 Å². The second-order valence-corrected chi connectivity index (χ2v) is 5.01. The van der Waals surface area contributed by atoms with Crippen LogP contribution in [0.15, 0.2) is 48.5 Å². The number of carbonyl (C=O) groups excluding carboxylic acids is 1. The van der Waals surface area contributed by atoms with E-state index in [4.69, 9.17) is 9.47 Å². The van der Waals surface area contributed by atoms with Crippen LogP contribution in [0.2, 0.25) is 0 Å². The van der Waals surface area contributed by atoms with E-state index in [-0.39, 0.29) is 5.91 Å². The average Bonchev–Trinajstić information content (AvgIpc) is 2.55. The zero-order chi connectivity index (χ0) is 15.8. The van der Waals surface area contributed by atoms with Crippen molar-refractivity contribution >= 4 is 5.91 Å². The number of hydrogen-bond donors (Lipinski definition) is 1. The number of nitrogens with one attached hydrogen (secondary N) is 1. The fourth-order valence-corrected chi connectivity index (χ4v) is 2.21. The normalized spacial score (nSPS) is 10.3. The standard InChI is InChI=1S/C18H21NO3/c1-21-13-15-9-7-14(8-10-15)12-19-18(20)11-16-5-3-4-6-17(16)22-2/h3-10H,11-13H2,1-2H3,(H,19,20). The molecule has 0 bridgehead atoms. The number of rotatable bonds is 7. The Hall–Kier alpha value is -2.33. The number of benzene rings is 2. The number of carbonyl (C=O) groups is 1. The lowest BCUT2D eigenvalue weighted by atomic mass is 10.1. The van der Waals surface area contributed by atoms with Gasteiger partial charge in [-0.2, -0.15) is 0 Å². The highest BCUT2D eigenvalue weighted by molar-refractivity contribution is 5.79. The molecule has 0 fully saturated rings. The molecule has 4 heteroatoms. The molecule has 2 rings (SSSR count). The summed E-state index contributed by atoms with van der Waals surface area (Å²) in [4.78, 5) is 12.0. The average molecular weight is 299 g/mol. The summed E-state index contributed by atoms with van der Waals surface area (Å²) < 4.78 is 10.3. The molecule has 0 spiro atoms. The van der Waals surface area contributed by atoms with Crippen molar-refractivity contribution in [3.05, 3.63) is 65.2 Å². The Morgan fingerprint density at radius 2 is 1.68 bits per heavy atom. The van der Waals surface area contributed by atoms with Crippen LogP contribution in [-0.2, 0) is 29.1 Å². The summed E-state index contributed by atoms with van der Waals surface area (Å²) >= 11 is 0. The predicted octanol–water partition coefficient (Wildman–Crippen LogP) is 2.70. The third-order valence-electron chi connectivity index (χ3n) is 3.37. The molecule has 4 nitrogen and oxygen atoms in total. The zero-order valence-electron chi connectivity index (χ0n) is 13.0. The van der Waals surface area contributed by atoms with Crippen LogP contribution in [0.5, 0.6) is 5.75 Å². The van der Waals surface area contributed by atoms with Gasteiger partial charge < -0.3 is 14.8 Å². The first-order chi connectivity index (χ1) is 10.7. The zero-order valence-corrected chi connectivity index (χ0v) is 13.0. The van der Waals surface area contributed by atoms with E-state index in [1.807, 2.05) is 48.5 Å². The molecule has 0 saturated carbocycles. The molecule has 1 N–H and O–H groups in total. The van der Waals surface area contributed by atoms with Gasteiger partial charge in [-0.1, -0.05) is 42.5 Å². The van der Waals surface area contributed by atoms with Crippen LogP contribution in [0.1, 0.15) is 16.7 Å². The smallest absolute Gasteiger partial charge is 0.224 e. The summed E-state index contributed by atoms with van der Waals surface area (Å²) in [5.41, 5.74) is 3.07. The maximum atomic E-state index is 12.0. The molecule has 0 atom stereocenters. The van der Waals surface area contributed by atoms with Crippen LogP contribution in [0.4, 0.5) is 0 Å². The van der Waals surface area contributed by atoms with Crippen molar-refractivity contribution in [3.8, 4) is 5.75 Å². The Labute approximate surface area is 131 Å². The van der Waals surface area contributed by atoms with E-state index in [1.54, 1.807) is 14.2 Å². The molecule has 1 amide bonds. The first kappa shape index (κ1) is 16.0. The maximum Gasteiger partial charge on any atom is 0.224 e. The molecule has 0 aromatic heterocycles. The Bertz CT molecular complexity index is 608. The minimum Gasteiger partial charge on any atom is -0.496 e. The second-order valence-electron chi connectivity index (χ2n) is 5.01. The summed E-state index contributed by atoms with van der Waals surface area (Å²) in [7, 11) is 3.28. The van der Waals surface area contributed by atoms with Crippen LogP contribution in [-0.4, -0.2) is 20.1 Å². The Morgan fingerprint density at radius 1 is 1.00 bits per heavy atom. The van der Waals surface area contributed by atoms with E-state index < -0.39 is 0 Å². The molecule has 22 heavy (non-hydrogen) atoms. The van der Waals surface area contributed by atoms with E-state index in [9.17, 15) is 4.79 Å². The highest BCUT2D eigenvalue weighted by atomic mass is 16.5. The van der Waals surface area contributed by atoms with Crippen molar-refractivity contribution in [1.82, 2.24) is 5.32 Å². The van der Waals surface area contributed by atoms with Crippen molar-refractivity contribution in [3.63, 3.8) is 0 Å². The molecule has 2 aromatic carbocycles. The highest BCUT2D eigenvalue weighted by Gasteiger charge is 2.07. The fourth-order valence-electron chi connectivity index (χ4n) is 2.21. The lowest BCUT2D eigenvalue weighted by Gasteiger charge is -2.09. The molecule has 116 valence electrons. The van der Waals surface area contributed by atoms with Gasteiger partial charge in [0.2, 0.25) is 5.91 Å². The van der Waals surface area contributed by atoms with E-state index in [0.717, 1.165) is 22.4 Å². The summed E-state index contributed by atoms with van der Waals surface area (Å²) in [6.07, 6.45) is 0.311. The van der Waals surface area contributed by atoms with Gasteiger partial charge in [-0.3, -0.25) is 4.79 Å². The van der Waals surface area contributed by atoms with E-state index in [0.29, 0.717) is 19.6 Å². The van der Waals surface area contributed by atoms with Gasteiger partial charge in [0.25, 0.3) is 0 Å². The number of para-hydroxylation sites is 1. The highest BCUT2D eigenvalue weighted by Crippen LogP contribution is 2.17. The van der Waals surface area contributed by atoms with Crippen molar-refractivity contribution in [2.24, 2.45) is 0 Å². The van der Waals surface area contributed by atoms with Gasteiger partial charge in [0.05, 0.1) is 20.1 Å². The fraction of sp³-hybridized carbons (Fsp3) is 0.278. The molecule has 0 saturated heterocycles. The number of amides is 1. The van der Waals surface area contributed by atoms with Crippen molar-refractivity contribution in [2.75, 3.05) is 14.2 Å². The minimum absolute atomic E-state index is 0.0227. The second kappa shape index (κ2) is 8.20. The van der Waals surface area contributed by atoms with Gasteiger partial charge in [-0.25, -0.2) is 0 Å². The van der Waals surface area contributed by atoms with E-state index >= 15 is 0 Å². The molecular formula is C18H21NO3. The van der Waals surface area contributed by atoms with Gasteiger partial charge in [-0.15, -0.1) is 0 Å². The van der Waals surface area contributed by atoms with Gasteiger partial charge in [0.1, 0.15) is 5.75 Å². The first-order valence-electron chi connectivity index (χ1n) is 7.18. The quantitative estimate of drug-likeness (QED) is 0.855. The molecule has 0 unspecified atom stereocenters. The molecule has 0 radical (unpaired) electrons. The van der Waals surface area contributed by atoms with E-state index in [2.05, 4.69) is 5.32 Å². The van der Waals surface area contributed by atoms with Crippen LogP contribution < -0.4 is 10.1 Å². The molecule has 0 aliphatic rings. The van der Waals surface area contributed by atoms with Crippen LogP contribution >= 0.6 is 0 Å². The third kappa shape index (κ3) is 4.60. The third-order valence-corrected chi connectivity index (χ3v) is 3.37. The Morgan fingerprint density at radius 3 is 2.36 bits per heavy atom.